The number of epoxide rings is 1. The minimum atomic E-state index is 0.325. The van der Waals surface area contributed by atoms with E-state index in [1.54, 1.807) is 0 Å². The third kappa shape index (κ3) is 1.59. The van der Waals surface area contributed by atoms with Crippen LogP contribution in [0.15, 0.2) is 0 Å². The Hall–Kier alpha value is -0.550. The van der Waals surface area contributed by atoms with Crippen LogP contribution in [0.4, 0.5) is 0 Å². The molecule has 2 nitrogen and oxygen atoms in total. The van der Waals surface area contributed by atoms with Crippen LogP contribution in [-0.4, -0.2) is 12.2 Å². The van der Waals surface area contributed by atoms with E-state index in [0.29, 0.717) is 29.0 Å². The first-order valence-electron chi connectivity index (χ1n) is 9.61. The largest absolute Gasteiger partial charge is 0.370 e. The summed E-state index contributed by atoms with van der Waals surface area (Å²) in [6, 6.07) is 2.66. The molecule has 0 amide bonds. The van der Waals surface area contributed by atoms with Gasteiger partial charge < -0.3 is 4.74 Å². The first kappa shape index (κ1) is 13.8. The molecule has 5 fully saturated rings. The minimum absolute atomic E-state index is 0.325. The number of fused-ring (bicyclic) bond motifs is 6. The van der Waals surface area contributed by atoms with E-state index >= 15 is 0 Å². The van der Waals surface area contributed by atoms with Crippen molar-refractivity contribution in [3.63, 3.8) is 0 Å². The molecule has 0 aromatic carbocycles. The van der Waals surface area contributed by atoms with Crippen molar-refractivity contribution in [3.05, 3.63) is 0 Å². The van der Waals surface area contributed by atoms with Gasteiger partial charge in [-0.2, -0.15) is 5.26 Å². The Balaban J connectivity index is 1.47. The Bertz CT molecular complexity index is 538. The van der Waals surface area contributed by atoms with Gasteiger partial charge in [0.05, 0.1) is 24.2 Å². The standard InChI is InChI=1S/C20H29NO/c1-19-8-7-16-14(15(19)6-4-13(19)11-21)5-3-12-9-17-18(22-17)10-20(12,16)2/h12-18H,3-10H2,1-2H3/t12?,13?,14-,15-,16+,17?,18?,19+,20-/m0/s1. The fourth-order valence-electron chi connectivity index (χ4n) is 7.73. The number of nitrogens with zero attached hydrogens (tertiary/aromatic N) is 1. The zero-order valence-corrected chi connectivity index (χ0v) is 14.1. The van der Waals surface area contributed by atoms with Crippen LogP contribution < -0.4 is 0 Å². The molecule has 0 bridgehead atoms. The first-order chi connectivity index (χ1) is 10.6. The zero-order valence-electron chi connectivity index (χ0n) is 14.1. The SMILES string of the molecule is C[C@]12CC3OC3CC1CC[C@@H]1[C@H]2CC[C@]2(C)C(C#N)CC[C@@H]12. The summed E-state index contributed by atoms with van der Waals surface area (Å²) in [5.41, 5.74) is 0.860. The van der Waals surface area contributed by atoms with Crippen LogP contribution in [0, 0.1) is 51.8 Å². The summed E-state index contributed by atoms with van der Waals surface area (Å²) in [6.45, 7) is 5.05. The lowest BCUT2D eigenvalue weighted by atomic mass is 9.45. The summed E-state index contributed by atoms with van der Waals surface area (Å²) in [5.74, 6) is 3.87. The van der Waals surface area contributed by atoms with Crippen molar-refractivity contribution in [2.75, 3.05) is 0 Å². The molecular weight excluding hydrogens is 270 g/mol. The van der Waals surface area contributed by atoms with Gasteiger partial charge in [0.15, 0.2) is 0 Å². The van der Waals surface area contributed by atoms with E-state index in [9.17, 15) is 5.26 Å². The van der Waals surface area contributed by atoms with Crippen LogP contribution in [0.5, 0.6) is 0 Å². The van der Waals surface area contributed by atoms with Gasteiger partial charge in [-0.25, -0.2) is 0 Å². The van der Waals surface area contributed by atoms with Crippen molar-refractivity contribution in [1.82, 2.24) is 0 Å². The van der Waals surface area contributed by atoms with E-state index in [4.69, 9.17) is 4.74 Å². The lowest BCUT2D eigenvalue weighted by molar-refractivity contribution is -0.103. The molecule has 9 atom stereocenters. The maximum absolute atomic E-state index is 9.58. The Labute approximate surface area is 134 Å². The molecule has 120 valence electrons. The Morgan fingerprint density at radius 2 is 1.77 bits per heavy atom. The van der Waals surface area contributed by atoms with Crippen molar-refractivity contribution in [3.8, 4) is 6.07 Å². The Morgan fingerprint density at radius 3 is 2.59 bits per heavy atom. The number of nitriles is 1. The van der Waals surface area contributed by atoms with Gasteiger partial charge in [0.1, 0.15) is 0 Å². The second-order valence-corrected chi connectivity index (χ2v) is 9.61. The van der Waals surface area contributed by atoms with E-state index < -0.39 is 0 Å². The normalized spacial score (nSPS) is 62.1. The summed E-state index contributed by atoms with van der Waals surface area (Å²) >= 11 is 0. The molecule has 5 aliphatic rings. The van der Waals surface area contributed by atoms with Crippen LogP contribution in [0.2, 0.25) is 0 Å². The number of hydrogen-bond donors (Lipinski definition) is 0. The van der Waals surface area contributed by atoms with Gasteiger partial charge in [-0.15, -0.1) is 0 Å². The number of ether oxygens (including phenoxy) is 1. The first-order valence-corrected chi connectivity index (χ1v) is 9.61. The fourth-order valence-corrected chi connectivity index (χ4v) is 7.73. The van der Waals surface area contributed by atoms with Crippen LogP contribution in [0.1, 0.15) is 65.2 Å². The summed E-state index contributed by atoms with van der Waals surface area (Å²) in [7, 11) is 0. The third-order valence-corrected chi connectivity index (χ3v) is 9.07. The van der Waals surface area contributed by atoms with Crippen molar-refractivity contribution >= 4 is 0 Å². The van der Waals surface area contributed by atoms with E-state index in [-0.39, 0.29) is 0 Å². The average Bonchev–Trinajstić information content (AvgIpc) is 3.14. The monoisotopic (exact) mass is 299 g/mol. The second-order valence-electron chi connectivity index (χ2n) is 9.61. The van der Waals surface area contributed by atoms with Gasteiger partial charge in [0.25, 0.3) is 0 Å². The molecule has 1 heterocycles. The van der Waals surface area contributed by atoms with E-state index in [1.165, 1.54) is 44.9 Å². The Morgan fingerprint density at radius 1 is 0.955 bits per heavy atom. The average molecular weight is 299 g/mol. The molecule has 1 saturated heterocycles. The van der Waals surface area contributed by atoms with E-state index in [0.717, 1.165) is 30.1 Å². The molecule has 2 heteroatoms. The second kappa shape index (κ2) is 4.29. The lowest BCUT2D eigenvalue weighted by Crippen LogP contribution is -2.53. The summed E-state index contributed by atoms with van der Waals surface area (Å²) < 4.78 is 5.91. The maximum atomic E-state index is 9.58. The van der Waals surface area contributed by atoms with Gasteiger partial charge in [-0.05, 0) is 85.9 Å². The minimum Gasteiger partial charge on any atom is -0.370 e. The third-order valence-electron chi connectivity index (χ3n) is 9.07. The maximum Gasteiger partial charge on any atom is 0.0847 e. The molecule has 4 saturated carbocycles. The summed E-state index contributed by atoms with van der Waals surface area (Å²) in [6.07, 6.45) is 11.9. The van der Waals surface area contributed by atoms with Crippen molar-refractivity contribution < 1.29 is 4.74 Å². The zero-order chi connectivity index (χ0) is 15.1. The van der Waals surface area contributed by atoms with Crippen LogP contribution in [0.3, 0.4) is 0 Å². The highest BCUT2D eigenvalue weighted by Crippen LogP contribution is 2.68. The highest BCUT2D eigenvalue weighted by Gasteiger charge is 2.63. The van der Waals surface area contributed by atoms with Crippen LogP contribution in [-0.2, 0) is 4.74 Å². The van der Waals surface area contributed by atoms with E-state index in [2.05, 4.69) is 19.9 Å². The smallest absolute Gasteiger partial charge is 0.0847 e. The molecule has 4 aliphatic carbocycles. The molecule has 5 rings (SSSR count). The molecule has 0 aromatic rings. The molecule has 0 radical (unpaired) electrons. The summed E-state index contributed by atoms with van der Waals surface area (Å²) in [4.78, 5) is 0. The van der Waals surface area contributed by atoms with Crippen LogP contribution >= 0.6 is 0 Å². The van der Waals surface area contributed by atoms with Crippen molar-refractivity contribution in [2.24, 2.45) is 40.4 Å². The molecular formula is C20H29NO. The lowest BCUT2D eigenvalue weighted by Gasteiger charge is -2.59. The van der Waals surface area contributed by atoms with Crippen molar-refractivity contribution in [1.29, 1.82) is 5.26 Å². The highest BCUT2D eigenvalue weighted by molar-refractivity contribution is 5.14. The topological polar surface area (TPSA) is 36.3 Å². The number of rotatable bonds is 0. The van der Waals surface area contributed by atoms with E-state index in [1.807, 2.05) is 0 Å². The quantitative estimate of drug-likeness (QED) is 0.615. The van der Waals surface area contributed by atoms with Gasteiger partial charge in [0, 0.05) is 0 Å². The number of hydrogen-bond acceptors (Lipinski definition) is 2. The molecule has 1 aliphatic heterocycles. The predicted molar refractivity (Wildman–Crippen MR) is 84.9 cm³/mol. The Kier molecular flexibility index (Phi) is 2.70. The van der Waals surface area contributed by atoms with Gasteiger partial charge >= 0.3 is 0 Å². The highest BCUT2D eigenvalue weighted by atomic mass is 16.6. The molecule has 0 spiro atoms. The van der Waals surface area contributed by atoms with Gasteiger partial charge in [-0.1, -0.05) is 13.8 Å². The van der Waals surface area contributed by atoms with Gasteiger partial charge in [0.2, 0.25) is 0 Å². The van der Waals surface area contributed by atoms with Crippen molar-refractivity contribution in [2.45, 2.75) is 77.4 Å². The van der Waals surface area contributed by atoms with Gasteiger partial charge in [-0.3, -0.25) is 0 Å². The molecule has 22 heavy (non-hydrogen) atoms. The fraction of sp³-hybridized carbons (Fsp3) is 0.950. The van der Waals surface area contributed by atoms with Crippen LogP contribution in [0.25, 0.3) is 0 Å². The summed E-state index contributed by atoms with van der Waals surface area (Å²) in [5, 5.41) is 9.58. The molecule has 4 unspecified atom stereocenters. The predicted octanol–water partition coefficient (Wildman–Crippen LogP) is 4.55. The molecule has 0 N–H and O–H groups in total. The molecule has 0 aromatic heterocycles.